The Hall–Kier alpha value is -1.76. The summed E-state index contributed by atoms with van der Waals surface area (Å²) in [4.78, 5) is 22.2. The highest BCUT2D eigenvalue weighted by molar-refractivity contribution is 7.98. The van der Waals surface area contributed by atoms with Crippen LogP contribution in [-0.4, -0.2) is 35.7 Å². The number of benzene rings is 1. The Labute approximate surface area is 120 Å². The van der Waals surface area contributed by atoms with Crippen LogP contribution >= 0.6 is 11.8 Å². The van der Waals surface area contributed by atoms with Crippen LogP contribution in [-0.2, 0) is 0 Å². The van der Waals surface area contributed by atoms with Crippen LogP contribution in [0.15, 0.2) is 18.2 Å². The molecule has 110 valence electrons. The van der Waals surface area contributed by atoms with E-state index in [1.165, 1.54) is 12.1 Å². The summed E-state index contributed by atoms with van der Waals surface area (Å²) in [5.74, 6) is -0.953. The van der Waals surface area contributed by atoms with E-state index in [2.05, 4.69) is 10.6 Å². The van der Waals surface area contributed by atoms with E-state index >= 15 is 0 Å². The first-order chi connectivity index (χ1) is 9.54. The van der Waals surface area contributed by atoms with Gasteiger partial charge in [-0.05, 0) is 43.0 Å². The molecule has 2 amide bonds. The highest BCUT2D eigenvalue weighted by atomic mass is 32.2. The first-order valence-corrected chi connectivity index (χ1v) is 7.50. The Morgan fingerprint density at radius 3 is 2.70 bits per heavy atom. The number of unbranched alkanes of at least 4 members (excludes halogenated alkanes) is 1. The van der Waals surface area contributed by atoms with Crippen molar-refractivity contribution < 1.29 is 19.1 Å². The number of halogens is 1. The molecule has 1 aromatic rings. The Kier molecular flexibility index (Phi) is 6.86. The van der Waals surface area contributed by atoms with Crippen molar-refractivity contribution >= 4 is 29.4 Å². The lowest BCUT2D eigenvalue weighted by molar-refractivity contribution is 0.0696. The Bertz CT molecular complexity index is 483. The Morgan fingerprint density at radius 1 is 1.35 bits per heavy atom. The smallest absolute Gasteiger partial charge is 0.335 e. The fourth-order valence-electron chi connectivity index (χ4n) is 1.49. The molecule has 0 unspecified atom stereocenters. The maximum atomic E-state index is 13.6. The van der Waals surface area contributed by atoms with Gasteiger partial charge in [-0.25, -0.2) is 14.0 Å². The quantitative estimate of drug-likeness (QED) is 0.677. The lowest BCUT2D eigenvalue weighted by Gasteiger charge is -2.08. The maximum absolute atomic E-state index is 13.6. The number of carbonyl (C=O) groups excluding carboxylic acids is 1. The minimum absolute atomic E-state index is 0.0448. The highest BCUT2D eigenvalue weighted by Gasteiger charge is 2.10. The molecule has 3 N–H and O–H groups in total. The SMILES string of the molecule is CSCCCCNC(=O)Nc1ccc(C(=O)O)cc1F. The average Bonchev–Trinajstić information content (AvgIpc) is 2.40. The van der Waals surface area contributed by atoms with Crippen LogP contribution in [0, 0.1) is 5.82 Å². The van der Waals surface area contributed by atoms with Crippen LogP contribution in [0.1, 0.15) is 23.2 Å². The molecule has 0 bridgehead atoms. The largest absolute Gasteiger partial charge is 0.478 e. The number of urea groups is 1. The van der Waals surface area contributed by atoms with Crippen LogP contribution < -0.4 is 10.6 Å². The number of carboxylic acid groups (broad SMARTS) is 1. The predicted molar refractivity (Wildman–Crippen MR) is 78.0 cm³/mol. The second-order valence-electron chi connectivity index (χ2n) is 4.08. The number of carboxylic acids is 1. The Morgan fingerprint density at radius 2 is 2.10 bits per heavy atom. The lowest BCUT2D eigenvalue weighted by Crippen LogP contribution is -2.30. The van der Waals surface area contributed by atoms with Crippen LogP contribution in [0.2, 0.25) is 0 Å². The maximum Gasteiger partial charge on any atom is 0.335 e. The summed E-state index contributed by atoms with van der Waals surface area (Å²) < 4.78 is 13.6. The number of thioether (sulfide) groups is 1. The molecule has 0 aliphatic rings. The van der Waals surface area contributed by atoms with Crippen molar-refractivity contribution in [2.45, 2.75) is 12.8 Å². The molecule has 0 aliphatic heterocycles. The van der Waals surface area contributed by atoms with Crippen molar-refractivity contribution in [3.05, 3.63) is 29.6 Å². The number of carbonyl (C=O) groups is 2. The van der Waals surface area contributed by atoms with Gasteiger partial charge in [0.2, 0.25) is 0 Å². The Balaban J connectivity index is 2.44. The number of rotatable bonds is 7. The topological polar surface area (TPSA) is 78.4 Å². The fourth-order valence-corrected chi connectivity index (χ4v) is 1.98. The van der Waals surface area contributed by atoms with Crippen LogP contribution in [0.3, 0.4) is 0 Å². The lowest BCUT2D eigenvalue weighted by atomic mass is 10.2. The van der Waals surface area contributed by atoms with Crippen LogP contribution in [0.5, 0.6) is 0 Å². The zero-order valence-electron chi connectivity index (χ0n) is 11.1. The number of aromatic carboxylic acids is 1. The van der Waals surface area contributed by atoms with E-state index in [1.807, 2.05) is 6.26 Å². The summed E-state index contributed by atoms with van der Waals surface area (Å²) in [6.07, 6.45) is 3.88. The van der Waals surface area contributed by atoms with Crippen molar-refractivity contribution in [3.63, 3.8) is 0 Å². The van der Waals surface area contributed by atoms with Crippen molar-refractivity contribution in [2.24, 2.45) is 0 Å². The van der Waals surface area contributed by atoms with Gasteiger partial charge in [0.05, 0.1) is 11.3 Å². The standard InChI is InChI=1S/C13H17FN2O3S/c1-20-7-3-2-6-15-13(19)16-11-5-4-9(12(17)18)8-10(11)14/h4-5,8H,2-3,6-7H2,1H3,(H,17,18)(H2,15,16,19). The monoisotopic (exact) mass is 300 g/mol. The molecule has 0 aromatic heterocycles. The second-order valence-corrected chi connectivity index (χ2v) is 5.07. The van der Waals surface area contributed by atoms with Gasteiger partial charge in [-0.15, -0.1) is 0 Å². The summed E-state index contributed by atoms with van der Waals surface area (Å²) in [5, 5.41) is 13.7. The first-order valence-electron chi connectivity index (χ1n) is 6.11. The minimum atomic E-state index is -1.21. The third-order valence-electron chi connectivity index (χ3n) is 2.53. The molecule has 0 radical (unpaired) electrons. The number of hydrogen-bond donors (Lipinski definition) is 3. The highest BCUT2D eigenvalue weighted by Crippen LogP contribution is 2.15. The van der Waals surface area contributed by atoms with Crippen molar-refractivity contribution in [1.29, 1.82) is 0 Å². The van der Waals surface area contributed by atoms with E-state index < -0.39 is 17.8 Å². The summed E-state index contributed by atoms with van der Waals surface area (Å²) in [6.45, 7) is 0.515. The number of anilines is 1. The van der Waals surface area contributed by atoms with Gasteiger partial charge in [-0.1, -0.05) is 0 Å². The zero-order valence-corrected chi connectivity index (χ0v) is 11.9. The van der Waals surface area contributed by atoms with E-state index in [9.17, 15) is 14.0 Å². The molecule has 0 heterocycles. The van der Waals surface area contributed by atoms with Crippen molar-refractivity contribution in [2.75, 3.05) is 23.9 Å². The third kappa shape index (κ3) is 5.48. The third-order valence-corrected chi connectivity index (χ3v) is 3.22. The molecule has 0 aliphatic carbocycles. The molecule has 0 saturated carbocycles. The fraction of sp³-hybridized carbons (Fsp3) is 0.385. The van der Waals surface area contributed by atoms with Gasteiger partial charge in [-0.2, -0.15) is 11.8 Å². The molecule has 0 atom stereocenters. The predicted octanol–water partition coefficient (Wildman–Crippen LogP) is 2.79. The number of nitrogens with one attached hydrogen (secondary N) is 2. The van der Waals surface area contributed by atoms with Crippen LogP contribution in [0.4, 0.5) is 14.9 Å². The molecular weight excluding hydrogens is 283 g/mol. The van der Waals surface area contributed by atoms with Gasteiger partial charge >= 0.3 is 12.0 Å². The van der Waals surface area contributed by atoms with E-state index in [0.717, 1.165) is 24.7 Å². The molecule has 7 heteroatoms. The van der Waals surface area contributed by atoms with E-state index in [1.54, 1.807) is 11.8 Å². The van der Waals surface area contributed by atoms with Gasteiger partial charge < -0.3 is 15.7 Å². The van der Waals surface area contributed by atoms with Gasteiger partial charge in [0.15, 0.2) is 0 Å². The summed E-state index contributed by atoms with van der Waals surface area (Å²) in [6, 6.07) is 2.83. The number of hydrogen-bond acceptors (Lipinski definition) is 3. The normalized spacial score (nSPS) is 10.1. The average molecular weight is 300 g/mol. The van der Waals surface area contributed by atoms with Gasteiger partial charge in [-0.3, -0.25) is 0 Å². The van der Waals surface area contributed by atoms with Crippen molar-refractivity contribution in [3.8, 4) is 0 Å². The summed E-state index contributed by atoms with van der Waals surface area (Å²) in [5.41, 5.74) is -0.206. The molecule has 1 rings (SSSR count). The minimum Gasteiger partial charge on any atom is -0.478 e. The molecule has 0 saturated heterocycles. The molecule has 20 heavy (non-hydrogen) atoms. The molecule has 5 nitrogen and oxygen atoms in total. The van der Waals surface area contributed by atoms with E-state index in [4.69, 9.17) is 5.11 Å². The number of amides is 2. The van der Waals surface area contributed by atoms with Gasteiger partial charge in [0.1, 0.15) is 5.82 Å². The van der Waals surface area contributed by atoms with Crippen LogP contribution in [0.25, 0.3) is 0 Å². The van der Waals surface area contributed by atoms with E-state index in [0.29, 0.717) is 6.54 Å². The summed E-state index contributed by atoms with van der Waals surface area (Å²) >= 11 is 1.74. The first kappa shape index (κ1) is 16.3. The molecule has 1 aromatic carbocycles. The van der Waals surface area contributed by atoms with Crippen molar-refractivity contribution in [1.82, 2.24) is 5.32 Å². The molecule has 0 spiro atoms. The van der Waals surface area contributed by atoms with Gasteiger partial charge in [0.25, 0.3) is 0 Å². The van der Waals surface area contributed by atoms with E-state index in [-0.39, 0.29) is 11.3 Å². The van der Waals surface area contributed by atoms with Gasteiger partial charge in [0, 0.05) is 6.54 Å². The second kappa shape index (κ2) is 8.42. The molecular formula is C13H17FN2O3S. The zero-order chi connectivity index (χ0) is 15.0. The summed E-state index contributed by atoms with van der Waals surface area (Å²) in [7, 11) is 0. The molecule has 0 fully saturated rings.